The van der Waals surface area contributed by atoms with Crippen LogP contribution in [0.1, 0.15) is 37.4 Å². The first-order valence-corrected chi connectivity index (χ1v) is 8.24. The molecule has 2 heterocycles. The molecule has 0 unspecified atom stereocenters. The number of anilines is 1. The van der Waals surface area contributed by atoms with E-state index in [0.717, 1.165) is 29.1 Å². The van der Waals surface area contributed by atoms with E-state index in [2.05, 4.69) is 29.6 Å². The van der Waals surface area contributed by atoms with Gasteiger partial charge < -0.3 is 10.2 Å². The summed E-state index contributed by atoms with van der Waals surface area (Å²) in [7, 11) is 0. The van der Waals surface area contributed by atoms with E-state index in [1.54, 1.807) is 4.90 Å². The SMILES string of the molecule is c1ccc2c(NCC[NH+]3CCCC3)nc(C3CC3)nc2c1. The van der Waals surface area contributed by atoms with Gasteiger partial charge in [0.05, 0.1) is 31.7 Å². The molecule has 2 N–H and O–H groups in total. The molecule has 0 spiro atoms. The minimum Gasteiger partial charge on any atom is -0.364 e. The molecule has 1 saturated heterocycles. The molecule has 1 saturated carbocycles. The second kappa shape index (κ2) is 5.60. The van der Waals surface area contributed by atoms with Gasteiger partial charge in [-0.2, -0.15) is 0 Å². The van der Waals surface area contributed by atoms with E-state index in [0.29, 0.717) is 5.92 Å². The number of quaternary nitrogens is 1. The van der Waals surface area contributed by atoms with E-state index < -0.39 is 0 Å². The zero-order valence-corrected chi connectivity index (χ0v) is 12.4. The normalized spacial score (nSPS) is 19.2. The first-order valence-electron chi connectivity index (χ1n) is 8.24. The molecule has 4 heteroatoms. The number of rotatable bonds is 5. The Morgan fingerprint density at radius 2 is 1.90 bits per heavy atom. The molecule has 110 valence electrons. The summed E-state index contributed by atoms with van der Waals surface area (Å²) in [5.41, 5.74) is 1.07. The maximum atomic E-state index is 4.80. The van der Waals surface area contributed by atoms with Gasteiger partial charge >= 0.3 is 0 Å². The van der Waals surface area contributed by atoms with Crippen LogP contribution in [0.3, 0.4) is 0 Å². The second-order valence-corrected chi connectivity index (χ2v) is 6.36. The zero-order valence-electron chi connectivity index (χ0n) is 12.4. The Balaban J connectivity index is 1.54. The van der Waals surface area contributed by atoms with Crippen molar-refractivity contribution in [1.82, 2.24) is 9.97 Å². The minimum atomic E-state index is 0.597. The van der Waals surface area contributed by atoms with Crippen molar-refractivity contribution >= 4 is 16.7 Å². The van der Waals surface area contributed by atoms with Crippen LogP contribution in [0.5, 0.6) is 0 Å². The first kappa shape index (κ1) is 13.0. The van der Waals surface area contributed by atoms with Crippen molar-refractivity contribution in [3.05, 3.63) is 30.1 Å². The Bertz CT molecular complexity index is 630. The predicted molar refractivity (Wildman–Crippen MR) is 84.8 cm³/mol. The summed E-state index contributed by atoms with van der Waals surface area (Å²) >= 11 is 0. The van der Waals surface area contributed by atoms with Gasteiger partial charge in [0.25, 0.3) is 0 Å². The number of hydrogen-bond donors (Lipinski definition) is 2. The van der Waals surface area contributed by atoms with Crippen molar-refractivity contribution in [2.75, 3.05) is 31.5 Å². The Morgan fingerprint density at radius 3 is 2.71 bits per heavy atom. The van der Waals surface area contributed by atoms with Crippen molar-refractivity contribution in [3.8, 4) is 0 Å². The Kier molecular flexibility index (Phi) is 3.47. The van der Waals surface area contributed by atoms with Crippen LogP contribution in [-0.2, 0) is 0 Å². The average molecular weight is 283 g/mol. The molecule has 4 nitrogen and oxygen atoms in total. The monoisotopic (exact) mass is 283 g/mol. The zero-order chi connectivity index (χ0) is 14.1. The van der Waals surface area contributed by atoms with Crippen molar-refractivity contribution in [2.45, 2.75) is 31.6 Å². The maximum absolute atomic E-state index is 4.80. The summed E-state index contributed by atoms with van der Waals surface area (Å²) in [6.45, 7) is 4.86. The second-order valence-electron chi connectivity index (χ2n) is 6.36. The number of nitrogens with zero attached hydrogens (tertiary/aromatic N) is 2. The molecule has 1 aliphatic carbocycles. The molecular weight excluding hydrogens is 260 g/mol. The number of nitrogens with one attached hydrogen (secondary N) is 2. The van der Waals surface area contributed by atoms with E-state index in [4.69, 9.17) is 9.97 Å². The highest BCUT2D eigenvalue weighted by atomic mass is 15.2. The summed E-state index contributed by atoms with van der Waals surface area (Å²) in [6, 6.07) is 8.35. The van der Waals surface area contributed by atoms with Gasteiger partial charge in [0.1, 0.15) is 11.6 Å². The van der Waals surface area contributed by atoms with Crippen molar-refractivity contribution in [3.63, 3.8) is 0 Å². The van der Waals surface area contributed by atoms with Gasteiger partial charge in [-0.25, -0.2) is 9.97 Å². The van der Waals surface area contributed by atoms with Gasteiger partial charge in [-0.05, 0) is 25.0 Å². The average Bonchev–Trinajstić information content (AvgIpc) is 3.25. The van der Waals surface area contributed by atoms with Gasteiger partial charge in [-0.1, -0.05) is 12.1 Å². The van der Waals surface area contributed by atoms with Gasteiger partial charge in [0.15, 0.2) is 0 Å². The fourth-order valence-electron chi connectivity index (χ4n) is 3.24. The lowest BCUT2D eigenvalue weighted by atomic mass is 10.2. The molecule has 4 rings (SSSR count). The smallest absolute Gasteiger partial charge is 0.137 e. The first-order chi connectivity index (χ1) is 10.4. The van der Waals surface area contributed by atoms with E-state index in [1.807, 2.05) is 0 Å². The van der Waals surface area contributed by atoms with Crippen molar-refractivity contribution < 1.29 is 4.90 Å². The highest BCUT2D eigenvalue weighted by Crippen LogP contribution is 2.39. The van der Waals surface area contributed by atoms with E-state index in [9.17, 15) is 0 Å². The topological polar surface area (TPSA) is 42.2 Å². The molecule has 1 aliphatic heterocycles. The highest BCUT2D eigenvalue weighted by molar-refractivity contribution is 5.89. The van der Waals surface area contributed by atoms with E-state index in [-0.39, 0.29) is 0 Å². The third-order valence-corrected chi connectivity index (χ3v) is 4.64. The fraction of sp³-hybridized carbons (Fsp3) is 0.529. The lowest BCUT2D eigenvalue weighted by Crippen LogP contribution is -3.10. The number of aromatic nitrogens is 2. The van der Waals surface area contributed by atoms with Crippen LogP contribution in [0.25, 0.3) is 10.9 Å². The lowest BCUT2D eigenvalue weighted by molar-refractivity contribution is -0.885. The summed E-state index contributed by atoms with van der Waals surface area (Å²) in [5.74, 6) is 2.66. The Labute approximate surface area is 125 Å². The molecule has 0 radical (unpaired) electrons. The molecule has 2 aromatic rings. The summed E-state index contributed by atoms with van der Waals surface area (Å²) in [4.78, 5) is 11.2. The molecule has 0 amide bonds. The van der Waals surface area contributed by atoms with Crippen LogP contribution in [0.15, 0.2) is 24.3 Å². The predicted octanol–water partition coefficient (Wildman–Crippen LogP) is 1.60. The van der Waals surface area contributed by atoms with E-state index in [1.165, 1.54) is 45.3 Å². The van der Waals surface area contributed by atoms with Gasteiger partial charge in [0, 0.05) is 24.1 Å². The Morgan fingerprint density at radius 1 is 1.10 bits per heavy atom. The number of benzene rings is 1. The van der Waals surface area contributed by atoms with Crippen LogP contribution in [0.4, 0.5) is 5.82 Å². The van der Waals surface area contributed by atoms with Gasteiger partial charge in [-0.3, -0.25) is 0 Å². The number of hydrogen-bond acceptors (Lipinski definition) is 3. The molecule has 0 bridgehead atoms. The molecular formula is C17H23N4+. The molecule has 1 aromatic carbocycles. The van der Waals surface area contributed by atoms with Crippen LogP contribution in [0, 0.1) is 0 Å². The van der Waals surface area contributed by atoms with Crippen LogP contribution < -0.4 is 10.2 Å². The largest absolute Gasteiger partial charge is 0.364 e. The number of fused-ring (bicyclic) bond motifs is 1. The summed E-state index contributed by atoms with van der Waals surface area (Å²) < 4.78 is 0. The van der Waals surface area contributed by atoms with Crippen molar-refractivity contribution in [1.29, 1.82) is 0 Å². The molecule has 1 aromatic heterocycles. The quantitative estimate of drug-likeness (QED) is 0.876. The third kappa shape index (κ3) is 2.86. The maximum Gasteiger partial charge on any atom is 0.137 e. The van der Waals surface area contributed by atoms with Gasteiger partial charge in [-0.15, -0.1) is 0 Å². The standard InChI is InChI=1S/C17H22N4/c1-2-6-15-14(5-1)17(20-16(19-15)13-7-8-13)18-9-12-21-10-3-4-11-21/h1-2,5-6,13H,3-4,7-12H2,(H,18,19,20)/p+1. The minimum absolute atomic E-state index is 0.597. The highest BCUT2D eigenvalue weighted by Gasteiger charge is 2.27. The third-order valence-electron chi connectivity index (χ3n) is 4.64. The summed E-state index contributed by atoms with van der Waals surface area (Å²) in [5, 5.41) is 4.72. The Hall–Kier alpha value is -1.68. The molecule has 0 atom stereocenters. The molecule has 2 fully saturated rings. The molecule has 2 aliphatic rings. The number of para-hydroxylation sites is 1. The summed E-state index contributed by atoms with van der Waals surface area (Å²) in [6.07, 6.45) is 5.26. The van der Waals surface area contributed by atoms with Crippen LogP contribution in [-0.4, -0.2) is 36.1 Å². The lowest BCUT2D eigenvalue weighted by Gasteiger charge is -2.14. The number of likely N-dealkylation sites (tertiary alicyclic amines) is 1. The molecule has 21 heavy (non-hydrogen) atoms. The van der Waals surface area contributed by atoms with Crippen LogP contribution in [0.2, 0.25) is 0 Å². The van der Waals surface area contributed by atoms with E-state index >= 15 is 0 Å². The van der Waals surface area contributed by atoms with Crippen molar-refractivity contribution in [2.24, 2.45) is 0 Å². The fourth-order valence-corrected chi connectivity index (χ4v) is 3.24. The van der Waals surface area contributed by atoms with Gasteiger partial charge in [0.2, 0.25) is 0 Å². The van der Waals surface area contributed by atoms with Crippen LogP contribution >= 0.6 is 0 Å².